The van der Waals surface area contributed by atoms with E-state index in [1.165, 1.54) is 38.0 Å². The zero-order valence-electron chi connectivity index (χ0n) is 11.7. The van der Waals surface area contributed by atoms with Gasteiger partial charge in [-0.25, -0.2) is 0 Å². The number of hydrogen-bond acceptors (Lipinski definition) is 2. The van der Waals surface area contributed by atoms with Gasteiger partial charge in [0, 0.05) is 13.1 Å². The third-order valence-corrected chi connectivity index (χ3v) is 4.00. The summed E-state index contributed by atoms with van der Waals surface area (Å²) in [4.78, 5) is 2.64. The van der Waals surface area contributed by atoms with Gasteiger partial charge in [-0.3, -0.25) is 0 Å². The van der Waals surface area contributed by atoms with Crippen LogP contribution in [0.5, 0.6) is 0 Å². The van der Waals surface area contributed by atoms with E-state index in [9.17, 15) is 0 Å². The van der Waals surface area contributed by atoms with Crippen LogP contribution in [0.25, 0.3) is 0 Å². The van der Waals surface area contributed by atoms with Gasteiger partial charge in [-0.15, -0.1) is 0 Å². The van der Waals surface area contributed by atoms with Crippen molar-refractivity contribution in [1.82, 2.24) is 10.2 Å². The van der Waals surface area contributed by atoms with E-state index in [1.54, 1.807) is 0 Å². The van der Waals surface area contributed by atoms with Crippen LogP contribution in [0.15, 0.2) is 30.3 Å². The molecule has 1 heterocycles. The molecule has 1 aromatic rings. The van der Waals surface area contributed by atoms with Crippen molar-refractivity contribution in [3.05, 3.63) is 35.9 Å². The zero-order chi connectivity index (χ0) is 12.8. The molecule has 2 unspecified atom stereocenters. The minimum absolute atomic E-state index is 0.638. The summed E-state index contributed by atoms with van der Waals surface area (Å²) < 4.78 is 0. The zero-order valence-corrected chi connectivity index (χ0v) is 11.7. The summed E-state index contributed by atoms with van der Waals surface area (Å²) >= 11 is 0. The molecular weight excluding hydrogens is 220 g/mol. The van der Waals surface area contributed by atoms with Crippen molar-refractivity contribution < 1.29 is 0 Å². The highest BCUT2D eigenvalue weighted by molar-refractivity contribution is 5.19. The Morgan fingerprint density at radius 1 is 1.33 bits per heavy atom. The number of hydrogen-bond donors (Lipinski definition) is 1. The monoisotopic (exact) mass is 246 g/mol. The molecule has 1 N–H and O–H groups in total. The van der Waals surface area contributed by atoms with Crippen LogP contribution in [-0.4, -0.2) is 38.1 Å². The number of nitrogens with zero attached hydrogens (tertiary/aromatic N) is 1. The molecule has 100 valence electrons. The number of likely N-dealkylation sites (tertiary alicyclic amines) is 1. The van der Waals surface area contributed by atoms with Crippen molar-refractivity contribution in [2.24, 2.45) is 5.92 Å². The summed E-state index contributed by atoms with van der Waals surface area (Å²) in [5.74, 6) is 1.48. The fraction of sp³-hybridized carbons (Fsp3) is 0.625. The van der Waals surface area contributed by atoms with Crippen LogP contribution in [-0.2, 0) is 0 Å². The molecule has 2 rings (SSSR count). The van der Waals surface area contributed by atoms with Crippen LogP contribution in [0, 0.1) is 5.92 Å². The second-order valence-corrected chi connectivity index (χ2v) is 5.64. The summed E-state index contributed by atoms with van der Waals surface area (Å²) in [5.41, 5.74) is 1.47. The first-order chi connectivity index (χ1) is 8.79. The lowest BCUT2D eigenvalue weighted by Crippen LogP contribution is -2.40. The first-order valence-corrected chi connectivity index (χ1v) is 7.21. The van der Waals surface area contributed by atoms with Gasteiger partial charge in [-0.2, -0.15) is 0 Å². The summed E-state index contributed by atoms with van der Waals surface area (Å²) in [5, 5.41) is 3.32. The molecule has 0 bridgehead atoms. The predicted molar refractivity (Wildman–Crippen MR) is 77.9 cm³/mol. The Morgan fingerprint density at radius 2 is 2.11 bits per heavy atom. The lowest BCUT2D eigenvalue weighted by atomic mass is 9.95. The number of piperidine rings is 1. The number of rotatable bonds is 5. The van der Waals surface area contributed by atoms with E-state index in [0.717, 1.165) is 12.5 Å². The average Bonchev–Trinajstić information content (AvgIpc) is 2.40. The molecule has 1 fully saturated rings. The highest BCUT2D eigenvalue weighted by Crippen LogP contribution is 2.21. The molecule has 1 aromatic carbocycles. The molecule has 2 heteroatoms. The van der Waals surface area contributed by atoms with Crippen LogP contribution in [0.1, 0.15) is 31.2 Å². The summed E-state index contributed by atoms with van der Waals surface area (Å²) in [6.07, 6.45) is 2.74. The molecule has 0 aromatic heterocycles. The Balaban J connectivity index is 1.85. The molecule has 0 amide bonds. The fourth-order valence-corrected chi connectivity index (χ4v) is 3.05. The van der Waals surface area contributed by atoms with Gasteiger partial charge in [0.05, 0.1) is 0 Å². The van der Waals surface area contributed by atoms with E-state index in [-0.39, 0.29) is 0 Å². The maximum atomic E-state index is 3.32. The smallest absolute Gasteiger partial charge is 0.00477 e. The molecular formula is C16H26N2. The minimum Gasteiger partial charge on any atom is -0.319 e. The lowest BCUT2D eigenvalue weighted by Gasteiger charge is -2.34. The van der Waals surface area contributed by atoms with Crippen LogP contribution in [0.3, 0.4) is 0 Å². The quantitative estimate of drug-likeness (QED) is 0.859. The summed E-state index contributed by atoms with van der Waals surface area (Å²) in [6, 6.07) is 10.9. The highest BCUT2D eigenvalue weighted by atomic mass is 15.1. The van der Waals surface area contributed by atoms with E-state index in [4.69, 9.17) is 0 Å². The highest BCUT2D eigenvalue weighted by Gasteiger charge is 2.20. The molecule has 0 radical (unpaired) electrons. The van der Waals surface area contributed by atoms with E-state index in [0.29, 0.717) is 5.92 Å². The molecule has 1 aliphatic rings. The van der Waals surface area contributed by atoms with Gasteiger partial charge >= 0.3 is 0 Å². The normalized spacial score (nSPS) is 22.9. The minimum atomic E-state index is 0.638. The molecule has 0 saturated carbocycles. The first kappa shape index (κ1) is 13.6. The Bertz CT molecular complexity index is 334. The Hall–Kier alpha value is -0.860. The second-order valence-electron chi connectivity index (χ2n) is 5.64. The third-order valence-electron chi connectivity index (χ3n) is 4.00. The van der Waals surface area contributed by atoms with Crippen molar-refractivity contribution in [3.63, 3.8) is 0 Å². The molecule has 2 nitrogen and oxygen atoms in total. The predicted octanol–water partition coefficient (Wildman–Crippen LogP) is 2.72. The Kier molecular flexibility index (Phi) is 5.21. The molecule has 2 atom stereocenters. The summed E-state index contributed by atoms with van der Waals surface area (Å²) in [7, 11) is 2.06. The molecule has 0 spiro atoms. The maximum absolute atomic E-state index is 3.32. The van der Waals surface area contributed by atoms with Crippen molar-refractivity contribution in [3.8, 4) is 0 Å². The fourth-order valence-electron chi connectivity index (χ4n) is 3.05. The van der Waals surface area contributed by atoms with Crippen LogP contribution in [0.2, 0.25) is 0 Å². The van der Waals surface area contributed by atoms with Gasteiger partial charge in [0.1, 0.15) is 0 Å². The van der Waals surface area contributed by atoms with Gasteiger partial charge in [0.25, 0.3) is 0 Å². The van der Waals surface area contributed by atoms with Gasteiger partial charge in [0.15, 0.2) is 0 Å². The lowest BCUT2D eigenvalue weighted by molar-refractivity contribution is 0.167. The van der Waals surface area contributed by atoms with E-state index in [2.05, 4.69) is 54.5 Å². The Labute approximate surface area is 111 Å². The van der Waals surface area contributed by atoms with Crippen molar-refractivity contribution in [2.75, 3.05) is 33.2 Å². The van der Waals surface area contributed by atoms with Gasteiger partial charge < -0.3 is 10.2 Å². The topological polar surface area (TPSA) is 15.3 Å². The molecule has 18 heavy (non-hydrogen) atoms. The largest absolute Gasteiger partial charge is 0.319 e. The van der Waals surface area contributed by atoms with Crippen molar-refractivity contribution >= 4 is 0 Å². The number of nitrogens with one attached hydrogen (secondary N) is 1. The maximum Gasteiger partial charge on any atom is 0.00477 e. The van der Waals surface area contributed by atoms with Gasteiger partial charge in [-0.1, -0.05) is 37.3 Å². The molecule has 1 aliphatic heterocycles. The van der Waals surface area contributed by atoms with Crippen molar-refractivity contribution in [1.29, 1.82) is 0 Å². The van der Waals surface area contributed by atoms with Crippen LogP contribution in [0.4, 0.5) is 0 Å². The Morgan fingerprint density at radius 3 is 2.83 bits per heavy atom. The molecule has 0 aliphatic carbocycles. The van der Waals surface area contributed by atoms with E-state index in [1.807, 2.05) is 0 Å². The average molecular weight is 246 g/mol. The van der Waals surface area contributed by atoms with Gasteiger partial charge in [-0.05, 0) is 50.4 Å². The number of benzene rings is 1. The molecule has 1 saturated heterocycles. The first-order valence-electron chi connectivity index (χ1n) is 7.21. The van der Waals surface area contributed by atoms with E-state index >= 15 is 0 Å². The standard InChI is InChI=1S/C16H26N2/c1-14(16-8-4-3-5-9-16)12-18-10-6-7-15(13-18)11-17-2/h3-5,8-9,14-15,17H,6-7,10-13H2,1-2H3. The SMILES string of the molecule is CNCC1CCCN(CC(C)c2ccccc2)C1. The second kappa shape index (κ2) is 6.91. The van der Waals surface area contributed by atoms with E-state index < -0.39 is 0 Å². The van der Waals surface area contributed by atoms with Crippen molar-refractivity contribution in [2.45, 2.75) is 25.7 Å². The van der Waals surface area contributed by atoms with Crippen LogP contribution >= 0.6 is 0 Å². The van der Waals surface area contributed by atoms with Crippen LogP contribution < -0.4 is 5.32 Å². The third kappa shape index (κ3) is 3.82. The van der Waals surface area contributed by atoms with Gasteiger partial charge in [0.2, 0.25) is 0 Å². The summed E-state index contributed by atoms with van der Waals surface area (Å²) in [6.45, 7) is 7.24.